The van der Waals surface area contributed by atoms with Crippen molar-refractivity contribution in [2.75, 3.05) is 0 Å². The number of halogens is 4. The van der Waals surface area contributed by atoms with Crippen molar-refractivity contribution in [2.24, 2.45) is 5.73 Å². The zero-order chi connectivity index (χ0) is 14.0. The fourth-order valence-electron chi connectivity index (χ4n) is 1.83. The van der Waals surface area contributed by atoms with Crippen molar-refractivity contribution < 1.29 is 8.78 Å². The fourth-order valence-corrected chi connectivity index (χ4v) is 2.75. The van der Waals surface area contributed by atoms with Crippen molar-refractivity contribution in [3.05, 3.63) is 67.8 Å². The molecule has 0 aliphatic carbocycles. The van der Waals surface area contributed by atoms with Crippen LogP contribution in [-0.2, 0) is 6.42 Å². The van der Waals surface area contributed by atoms with E-state index < -0.39 is 11.6 Å². The van der Waals surface area contributed by atoms with Crippen LogP contribution in [0.2, 0.25) is 5.02 Å². The SMILES string of the molecule is NC(Cc1ccc(F)cc1F)c1cc(Cl)ccc1I. The average Bonchev–Trinajstić information content (AvgIpc) is 2.35. The molecule has 0 amide bonds. The van der Waals surface area contributed by atoms with Crippen LogP contribution < -0.4 is 5.73 Å². The van der Waals surface area contributed by atoms with Crippen LogP contribution in [0.15, 0.2) is 36.4 Å². The monoisotopic (exact) mass is 393 g/mol. The van der Waals surface area contributed by atoms with Crippen LogP contribution in [0.4, 0.5) is 8.78 Å². The molecular formula is C14H11ClF2IN. The van der Waals surface area contributed by atoms with Gasteiger partial charge in [0.05, 0.1) is 0 Å². The Bertz CT molecular complexity index is 604. The number of rotatable bonds is 3. The molecule has 2 aromatic rings. The molecule has 0 aliphatic rings. The molecular weight excluding hydrogens is 383 g/mol. The van der Waals surface area contributed by atoms with E-state index in [1.165, 1.54) is 12.1 Å². The van der Waals surface area contributed by atoms with Crippen molar-refractivity contribution in [3.63, 3.8) is 0 Å². The first-order valence-electron chi connectivity index (χ1n) is 5.62. The molecule has 0 heterocycles. The molecule has 0 aromatic heterocycles. The lowest BCUT2D eigenvalue weighted by molar-refractivity contribution is 0.563. The second-order valence-corrected chi connectivity index (χ2v) is 5.81. The zero-order valence-corrected chi connectivity index (χ0v) is 12.8. The summed E-state index contributed by atoms with van der Waals surface area (Å²) in [6, 6.07) is 8.54. The van der Waals surface area contributed by atoms with E-state index in [0.29, 0.717) is 17.0 Å². The maximum absolute atomic E-state index is 13.6. The van der Waals surface area contributed by atoms with Gasteiger partial charge in [0, 0.05) is 20.7 Å². The minimum Gasteiger partial charge on any atom is -0.324 e. The van der Waals surface area contributed by atoms with Gasteiger partial charge >= 0.3 is 0 Å². The number of hydrogen-bond donors (Lipinski definition) is 1. The molecule has 1 unspecified atom stereocenters. The van der Waals surface area contributed by atoms with Gasteiger partial charge in [0.1, 0.15) is 11.6 Å². The molecule has 0 spiro atoms. The summed E-state index contributed by atoms with van der Waals surface area (Å²) >= 11 is 8.09. The van der Waals surface area contributed by atoms with Crippen molar-refractivity contribution in [2.45, 2.75) is 12.5 Å². The smallest absolute Gasteiger partial charge is 0.129 e. The first-order valence-corrected chi connectivity index (χ1v) is 7.07. The van der Waals surface area contributed by atoms with E-state index in [-0.39, 0.29) is 6.04 Å². The van der Waals surface area contributed by atoms with Crippen LogP contribution in [0.5, 0.6) is 0 Å². The normalized spacial score (nSPS) is 12.5. The number of nitrogens with two attached hydrogens (primary N) is 1. The van der Waals surface area contributed by atoms with Gasteiger partial charge in [0.2, 0.25) is 0 Å². The highest BCUT2D eigenvalue weighted by Crippen LogP contribution is 2.25. The van der Waals surface area contributed by atoms with Crippen LogP contribution in [0.1, 0.15) is 17.2 Å². The molecule has 0 saturated heterocycles. The summed E-state index contributed by atoms with van der Waals surface area (Å²) in [6.07, 6.45) is 0.294. The summed E-state index contributed by atoms with van der Waals surface area (Å²) in [6.45, 7) is 0. The van der Waals surface area contributed by atoms with Crippen LogP contribution >= 0.6 is 34.2 Å². The molecule has 1 nitrogen and oxygen atoms in total. The Balaban J connectivity index is 2.25. The second-order valence-electron chi connectivity index (χ2n) is 4.21. The minimum atomic E-state index is -0.591. The molecule has 2 N–H and O–H groups in total. The Labute approximate surface area is 128 Å². The van der Waals surface area contributed by atoms with E-state index in [9.17, 15) is 8.78 Å². The third-order valence-corrected chi connectivity index (χ3v) is 4.03. The first kappa shape index (κ1) is 14.7. The lowest BCUT2D eigenvalue weighted by atomic mass is 9.99. The van der Waals surface area contributed by atoms with Gasteiger partial charge in [-0.05, 0) is 64.4 Å². The zero-order valence-electron chi connectivity index (χ0n) is 9.84. The summed E-state index contributed by atoms with van der Waals surface area (Å²) in [5.41, 5.74) is 7.33. The maximum Gasteiger partial charge on any atom is 0.129 e. The van der Waals surface area contributed by atoms with Gasteiger partial charge in [-0.25, -0.2) is 8.78 Å². The van der Waals surface area contributed by atoms with Crippen molar-refractivity contribution in [3.8, 4) is 0 Å². The van der Waals surface area contributed by atoms with Gasteiger partial charge < -0.3 is 5.73 Å². The Morgan fingerprint density at radius 1 is 1.16 bits per heavy atom. The molecule has 2 aromatic carbocycles. The predicted octanol–water partition coefficient (Wildman–Crippen LogP) is 4.47. The third kappa shape index (κ3) is 3.64. The van der Waals surface area contributed by atoms with E-state index in [2.05, 4.69) is 22.6 Å². The Hall–Kier alpha value is -0.720. The molecule has 0 bridgehead atoms. The van der Waals surface area contributed by atoms with Crippen molar-refractivity contribution >= 4 is 34.2 Å². The standard InChI is InChI=1S/C14H11ClF2IN/c15-9-2-4-13(18)11(6-9)14(19)5-8-1-3-10(16)7-12(8)17/h1-4,6-7,14H,5,19H2. The molecule has 19 heavy (non-hydrogen) atoms. The van der Waals surface area contributed by atoms with Gasteiger partial charge in [-0.3, -0.25) is 0 Å². The van der Waals surface area contributed by atoms with Gasteiger partial charge in [0.25, 0.3) is 0 Å². The Morgan fingerprint density at radius 2 is 1.89 bits per heavy atom. The summed E-state index contributed by atoms with van der Waals surface area (Å²) in [7, 11) is 0. The summed E-state index contributed by atoms with van der Waals surface area (Å²) in [4.78, 5) is 0. The Kier molecular flexibility index (Phi) is 4.76. The van der Waals surface area contributed by atoms with Gasteiger partial charge in [-0.1, -0.05) is 17.7 Å². The van der Waals surface area contributed by atoms with Crippen LogP contribution in [0.3, 0.4) is 0 Å². The second kappa shape index (κ2) is 6.15. The van der Waals surface area contributed by atoms with E-state index in [4.69, 9.17) is 17.3 Å². The summed E-state index contributed by atoms with van der Waals surface area (Å²) < 4.78 is 27.4. The molecule has 0 fully saturated rings. The van der Waals surface area contributed by atoms with E-state index in [0.717, 1.165) is 15.2 Å². The largest absolute Gasteiger partial charge is 0.324 e. The molecule has 100 valence electrons. The van der Waals surface area contributed by atoms with Gasteiger partial charge in [-0.2, -0.15) is 0 Å². The quantitative estimate of drug-likeness (QED) is 0.765. The van der Waals surface area contributed by atoms with Crippen LogP contribution in [0.25, 0.3) is 0 Å². The van der Waals surface area contributed by atoms with Crippen molar-refractivity contribution in [1.82, 2.24) is 0 Å². The highest BCUT2D eigenvalue weighted by molar-refractivity contribution is 14.1. The van der Waals surface area contributed by atoms with Crippen molar-refractivity contribution in [1.29, 1.82) is 0 Å². The van der Waals surface area contributed by atoms with E-state index in [1.54, 1.807) is 12.1 Å². The lowest BCUT2D eigenvalue weighted by Gasteiger charge is -2.15. The predicted molar refractivity (Wildman–Crippen MR) is 81.2 cm³/mol. The molecule has 5 heteroatoms. The number of benzene rings is 2. The van der Waals surface area contributed by atoms with Crippen LogP contribution in [0, 0.1) is 15.2 Å². The number of hydrogen-bond acceptors (Lipinski definition) is 1. The third-order valence-electron chi connectivity index (χ3n) is 2.81. The van der Waals surface area contributed by atoms with Gasteiger partial charge in [0.15, 0.2) is 0 Å². The molecule has 2 rings (SSSR count). The minimum absolute atomic E-state index is 0.294. The topological polar surface area (TPSA) is 26.0 Å². The molecule has 0 aliphatic heterocycles. The van der Waals surface area contributed by atoms with Gasteiger partial charge in [-0.15, -0.1) is 0 Å². The Morgan fingerprint density at radius 3 is 2.58 bits per heavy atom. The average molecular weight is 394 g/mol. The highest BCUT2D eigenvalue weighted by atomic mass is 127. The highest BCUT2D eigenvalue weighted by Gasteiger charge is 2.14. The van der Waals surface area contributed by atoms with E-state index in [1.807, 2.05) is 6.07 Å². The maximum atomic E-state index is 13.6. The molecule has 1 atom stereocenters. The summed E-state index contributed by atoms with van der Waals surface area (Å²) in [5, 5.41) is 0.588. The first-order chi connectivity index (χ1) is 8.97. The van der Waals surface area contributed by atoms with Crippen LogP contribution in [-0.4, -0.2) is 0 Å². The summed E-state index contributed by atoms with van der Waals surface area (Å²) in [5.74, 6) is -1.17. The molecule has 0 radical (unpaired) electrons. The van der Waals surface area contributed by atoms with E-state index >= 15 is 0 Å². The fraction of sp³-hybridized carbons (Fsp3) is 0.143. The lowest BCUT2D eigenvalue weighted by Crippen LogP contribution is -2.15. The molecule has 0 saturated carbocycles.